The molecule has 1 saturated carbocycles. The summed E-state index contributed by atoms with van der Waals surface area (Å²) < 4.78 is 0. The first-order valence-corrected chi connectivity index (χ1v) is 6.22. The number of hydrogen-bond acceptors (Lipinski definition) is 4. The van der Waals surface area contributed by atoms with Gasteiger partial charge < -0.3 is 0 Å². The van der Waals surface area contributed by atoms with Crippen LogP contribution in [0.1, 0.15) is 51.9 Å². The molecule has 0 aliphatic heterocycles. The van der Waals surface area contributed by atoms with Gasteiger partial charge in [0.1, 0.15) is 0 Å². The highest BCUT2D eigenvalue weighted by atomic mass is 16.2. The Morgan fingerprint density at radius 1 is 0.941 bits per heavy atom. The average Bonchev–Trinajstić information content (AvgIpc) is 2.36. The van der Waals surface area contributed by atoms with Crippen molar-refractivity contribution in [3.8, 4) is 0 Å². The zero-order chi connectivity index (χ0) is 12.8. The first-order valence-electron chi connectivity index (χ1n) is 6.22. The summed E-state index contributed by atoms with van der Waals surface area (Å²) in [4.78, 5) is 46.6. The minimum atomic E-state index is -1.01. The summed E-state index contributed by atoms with van der Waals surface area (Å²) in [6.45, 7) is 1.94. The summed E-state index contributed by atoms with van der Waals surface area (Å²) in [7, 11) is 0. The van der Waals surface area contributed by atoms with Crippen molar-refractivity contribution in [2.24, 2.45) is 5.92 Å². The molecule has 1 fully saturated rings. The summed E-state index contributed by atoms with van der Waals surface area (Å²) >= 11 is 0. The van der Waals surface area contributed by atoms with Crippen molar-refractivity contribution in [1.29, 1.82) is 0 Å². The fourth-order valence-corrected chi connectivity index (χ4v) is 2.00. The molecule has 17 heavy (non-hydrogen) atoms. The predicted molar refractivity (Wildman–Crippen MR) is 61.5 cm³/mol. The number of Topliss-reactive ketones (excluding diaryl/α,β-unsaturated/α-hetero) is 4. The first-order chi connectivity index (χ1) is 8.07. The Morgan fingerprint density at radius 3 is 1.82 bits per heavy atom. The van der Waals surface area contributed by atoms with Crippen LogP contribution in [0.5, 0.6) is 0 Å². The van der Waals surface area contributed by atoms with Gasteiger partial charge in [0.25, 0.3) is 0 Å². The second-order valence-electron chi connectivity index (χ2n) is 4.48. The highest BCUT2D eigenvalue weighted by Crippen LogP contribution is 2.18. The molecule has 1 aliphatic rings. The minimum absolute atomic E-state index is 0.169. The molecule has 1 aliphatic carbocycles. The molecule has 4 nitrogen and oxygen atoms in total. The second-order valence-corrected chi connectivity index (χ2v) is 4.48. The van der Waals surface area contributed by atoms with E-state index >= 15 is 0 Å². The Kier molecular flexibility index (Phi) is 5.19. The molecule has 0 unspecified atom stereocenters. The Hall–Kier alpha value is -1.32. The highest BCUT2D eigenvalue weighted by Gasteiger charge is 2.34. The summed E-state index contributed by atoms with van der Waals surface area (Å²) in [6.07, 6.45) is 3.21. The third kappa shape index (κ3) is 3.58. The zero-order valence-electron chi connectivity index (χ0n) is 10.2. The van der Waals surface area contributed by atoms with Crippen LogP contribution in [0.15, 0.2) is 0 Å². The molecule has 0 radical (unpaired) electrons. The molecule has 0 spiro atoms. The van der Waals surface area contributed by atoms with Gasteiger partial charge in [-0.05, 0) is 19.3 Å². The normalized spacial score (nSPS) is 20.1. The lowest BCUT2D eigenvalue weighted by molar-refractivity contribution is -0.146. The summed E-state index contributed by atoms with van der Waals surface area (Å²) in [5, 5.41) is 0. The van der Waals surface area contributed by atoms with Crippen LogP contribution in [-0.4, -0.2) is 23.1 Å². The van der Waals surface area contributed by atoms with Gasteiger partial charge in [0.05, 0.1) is 5.92 Å². The largest absolute Gasteiger partial charge is 0.291 e. The van der Waals surface area contributed by atoms with Gasteiger partial charge in [0.15, 0.2) is 11.6 Å². The van der Waals surface area contributed by atoms with E-state index in [-0.39, 0.29) is 12.8 Å². The van der Waals surface area contributed by atoms with Gasteiger partial charge in [-0.25, -0.2) is 0 Å². The third-order valence-corrected chi connectivity index (χ3v) is 3.09. The Balaban J connectivity index is 2.88. The standard InChI is InChI=1S/C13H18O4/c1-2-3-6-9-12(16)10(14)7-4-5-8-11(15)13(9)17/h9H,2-8H2,1H3. The first kappa shape index (κ1) is 13.7. The van der Waals surface area contributed by atoms with Crippen LogP contribution in [0.4, 0.5) is 0 Å². The number of ketones is 4. The van der Waals surface area contributed by atoms with E-state index in [1.807, 2.05) is 6.92 Å². The topological polar surface area (TPSA) is 68.3 Å². The quantitative estimate of drug-likeness (QED) is 0.553. The molecule has 0 amide bonds. The van der Waals surface area contributed by atoms with Crippen LogP contribution >= 0.6 is 0 Å². The Morgan fingerprint density at radius 2 is 1.41 bits per heavy atom. The van der Waals surface area contributed by atoms with Gasteiger partial charge >= 0.3 is 0 Å². The van der Waals surface area contributed by atoms with Gasteiger partial charge in [-0.15, -0.1) is 0 Å². The molecule has 0 aromatic heterocycles. The molecule has 0 atom stereocenters. The van der Waals surface area contributed by atoms with Crippen LogP contribution in [-0.2, 0) is 19.2 Å². The van der Waals surface area contributed by atoms with Gasteiger partial charge in [0.2, 0.25) is 11.6 Å². The lowest BCUT2D eigenvalue weighted by atomic mass is 9.88. The van der Waals surface area contributed by atoms with Crippen LogP contribution in [0.25, 0.3) is 0 Å². The molecule has 0 saturated heterocycles. The highest BCUT2D eigenvalue weighted by molar-refractivity contribution is 6.50. The van der Waals surface area contributed by atoms with Crippen molar-refractivity contribution in [2.75, 3.05) is 0 Å². The predicted octanol–water partition coefficient (Wildman–Crippen LogP) is 1.64. The maximum Gasteiger partial charge on any atom is 0.209 e. The number of carbonyl (C=O) groups is 4. The van der Waals surface area contributed by atoms with E-state index in [1.54, 1.807) is 0 Å². The van der Waals surface area contributed by atoms with Crippen LogP contribution in [0.3, 0.4) is 0 Å². The van der Waals surface area contributed by atoms with Gasteiger partial charge in [-0.3, -0.25) is 19.2 Å². The van der Waals surface area contributed by atoms with E-state index in [9.17, 15) is 19.2 Å². The number of rotatable bonds is 3. The maximum absolute atomic E-state index is 11.8. The monoisotopic (exact) mass is 238 g/mol. The molecule has 4 heteroatoms. The van der Waals surface area contributed by atoms with Crippen LogP contribution in [0, 0.1) is 5.92 Å². The van der Waals surface area contributed by atoms with Crippen molar-refractivity contribution >= 4 is 23.1 Å². The van der Waals surface area contributed by atoms with E-state index in [0.717, 1.165) is 6.42 Å². The lowest BCUT2D eigenvalue weighted by Gasteiger charge is -2.11. The van der Waals surface area contributed by atoms with Crippen LogP contribution < -0.4 is 0 Å². The second kappa shape index (κ2) is 6.42. The van der Waals surface area contributed by atoms with E-state index in [2.05, 4.69) is 0 Å². The van der Waals surface area contributed by atoms with E-state index in [1.165, 1.54) is 0 Å². The van der Waals surface area contributed by atoms with Gasteiger partial charge in [-0.1, -0.05) is 19.8 Å². The molecular formula is C13H18O4. The van der Waals surface area contributed by atoms with Gasteiger partial charge in [0, 0.05) is 12.8 Å². The molecule has 0 N–H and O–H groups in total. The number of carbonyl (C=O) groups excluding carboxylic acids is 4. The molecule has 0 bridgehead atoms. The summed E-state index contributed by atoms with van der Waals surface area (Å²) in [6, 6.07) is 0. The van der Waals surface area contributed by atoms with Crippen molar-refractivity contribution < 1.29 is 19.2 Å². The Labute approximate surface area is 101 Å². The van der Waals surface area contributed by atoms with E-state index in [4.69, 9.17) is 0 Å². The number of unbranched alkanes of at least 4 members (excludes halogenated alkanes) is 1. The smallest absolute Gasteiger partial charge is 0.209 e. The van der Waals surface area contributed by atoms with E-state index in [0.29, 0.717) is 25.7 Å². The molecule has 0 heterocycles. The van der Waals surface area contributed by atoms with Crippen molar-refractivity contribution in [3.63, 3.8) is 0 Å². The molecule has 0 aromatic carbocycles. The van der Waals surface area contributed by atoms with Crippen LogP contribution in [0.2, 0.25) is 0 Å². The molecule has 1 rings (SSSR count). The number of hydrogen-bond donors (Lipinski definition) is 0. The zero-order valence-corrected chi connectivity index (χ0v) is 10.2. The average molecular weight is 238 g/mol. The van der Waals surface area contributed by atoms with Crippen molar-refractivity contribution in [2.45, 2.75) is 51.9 Å². The molecular weight excluding hydrogens is 220 g/mol. The Bertz CT molecular complexity index is 313. The lowest BCUT2D eigenvalue weighted by Crippen LogP contribution is -2.33. The summed E-state index contributed by atoms with van der Waals surface area (Å²) in [5.41, 5.74) is 0. The van der Waals surface area contributed by atoms with Crippen molar-refractivity contribution in [3.05, 3.63) is 0 Å². The maximum atomic E-state index is 11.8. The fraction of sp³-hybridized carbons (Fsp3) is 0.692. The minimum Gasteiger partial charge on any atom is -0.291 e. The summed E-state index contributed by atoms with van der Waals surface area (Å²) in [5.74, 6) is -3.30. The van der Waals surface area contributed by atoms with E-state index < -0.39 is 29.1 Å². The SMILES string of the molecule is CCCCC1C(=O)C(=O)CCCCC(=O)C1=O. The van der Waals surface area contributed by atoms with Crippen molar-refractivity contribution in [1.82, 2.24) is 0 Å². The molecule has 94 valence electrons. The van der Waals surface area contributed by atoms with Gasteiger partial charge in [-0.2, -0.15) is 0 Å². The third-order valence-electron chi connectivity index (χ3n) is 3.09. The molecule has 0 aromatic rings. The fourth-order valence-electron chi connectivity index (χ4n) is 2.00.